The smallest absolute Gasteiger partial charge is 0.317 e. The van der Waals surface area contributed by atoms with E-state index in [-0.39, 0.29) is 18.1 Å². The van der Waals surface area contributed by atoms with E-state index < -0.39 is 5.97 Å². The lowest BCUT2D eigenvalue weighted by Crippen LogP contribution is -2.45. The number of aromatic nitrogens is 2. The average molecular weight is 514 g/mol. The van der Waals surface area contributed by atoms with Crippen molar-refractivity contribution in [3.63, 3.8) is 0 Å². The minimum atomic E-state index is -0.844. The SMILES string of the molecule is COCc1cc(-c2nc(-c3ccc([C@H](C)N(CC(=O)O)C(C)(C)C)cc3)no2)ccc1-c1ccccc1C. The Morgan fingerprint density at radius 2 is 1.71 bits per heavy atom. The summed E-state index contributed by atoms with van der Waals surface area (Å²) in [6, 6.07) is 22.2. The summed E-state index contributed by atoms with van der Waals surface area (Å²) in [4.78, 5) is 18.1. The van der Waals surface area contributed by atoms with Gasteiger partial charge in [-0.05, 0) is 74.6 Å². The molecule has 0 saturated carbocycles. The van der Waals surface area contributed by atoms with Crippen molar-refractivity contribution >= 4 is 5.97 Å². The van der Waals surface area contributed by atoms with E-state index in [2.05, 4.69) is 35.3 Å². The van der Waals surface area contributed by atoms with Gasteiger partial charge in [0.1, 0.15) is 0 Å². The molecule has 0 radical (unpaired) electrons. The largest absolute Gasteiger partial charge is 0.480 e. The van der Waals surface area contributed by atoms with E-state index in [0.717, 1.165) is 27.8 Å². The fourth-order valence-electron chi connectivity index (χ4n) is 4.79. The molecule has 0 aliphatic rings. The van der Waals surface area contributed by atoms with Crippen LogP contribution in [0.1, 0.15) is 50.4 Å². The van der Waals surface area contributed by atoms with Crippen molar-refractivity contribution in [3.8, 4) is 34.0 Å². The first-order chi connectivity index (χ1) is 18.1. The number of benzene rings is 3. The Bertz CT molecular complexity index is 1400. The van der Waals surface area contributed by atoms with Crippen LogP contribution in [0.2, 0.25) is 0 Å². The summed E-state index contributed by atoms with van der Waals surface area (Å²) in [5, 5.41) is 13.6. The van der Waals surface area contributed by atoms with Crippen LogP contribution in [0.4, 0.5) is 0 Å². The molecule has 1 N–H and O–H groups in total. The maximum Gasteiger partial charge on any atom is 0.317 e. The Kier molecular flexibility index (Phi) is 8.09. The number of hydrogen-bond acceptors (Lipinski definition) is 6. The maximum atomic E-state index is 11.4. The Morgan fingerprint density at radius 3 is 2.34 bits per heavy atom. The number of carboxylic acid groups (broad SMARTS) is 1. The normalized spacial score (nSPS) is 12.6. The molecule has 1 heterocycles. The lowest BCUT2D eigenvalue weighted by molar-refractivity contribution is -0.140. The lowest BCUT2D eigenvalue weighted by Gasteiger charge is -2.39. The van der Waals surface area contributed by atoms with E-state index in [1.165, 1.54) is 11.1 Å². The van der Waals surface area contributed by atoms with Crippen LogP contribution in [0, 0.1) is 6.92 Å². The van der Waals surface area contributed by atoms with E-state index in [0.29, 0.717) is 18.3 Å². The summed E-state index contributed by atoms with van der Waals surface area (Å²) in [6.45, 7) is 10.6. The maximum absolute atomic E-state index is 11.4. The first kappa shape index (κ1) is 27.2. The van der Waals surface area contributed by atoms with Crippen LogP contribution < -0.4 is 0 Å². The highest BCUT2D eigenvalue weighted by molar-refractivity contribution is 5.74. The number of rotatable bonds is 9. The van der Waals surface area contributed by atoms with Crippen LogP contribution in [-0.2, 0) is 16.1 Å². The second-order valence-electron chi connectivity index (χ2n) is 10.5. The molecule has 7 nitrogen and oxygen atoms in total. The Hall–Kier alpha value is -3.81. The Balaban J connectivity index is 1.59. The number of methoxy groups -OCH3 is 1. The van der Waals surface area contributed by atoms with Crippen molar-refractivity contribution in [1.29, 1.82) is 0 Å². The highest BCUT2D eigenvalue weighted by Gasteiger charge is 2.29. The van der Waals surface area contributed by atoms with Crippen LogP contribution in [0.25, 0.3) is 34.0 Å². The third kappa shape index (κ3) is 6.01. The molecule has 0 fully saturated rings. The number of aliphatic carboxylic acids is 1. The number of ether oxygens (including phenoxy) is 1. The first-order valence-corrected chi connectivity index (χ1v) is 12.7. The molecule has 4 rings (SSSR count). The van der Waals surface area contributed by atoms with Crippen LogP contribution in [0.3, 0.4) is 0 Å². The number of hydrogen-bond donors (Lipinski definition) is 1. The predicted molar refractivity (Wildman–Crippen MR) is 149 cm³/mol. The fraction of sp³-hybridized carbons (Fsp3) is 0.323. The monoisotopic (exact) mass is 513 g/mol. The Morgan fingerprint density at radius 1 is 1.03 bits per heavy atom. The van der Waals surface area contributed by atoms with Crippen LogP contribution >= 0.6 is 0 Å². The van der Waals surface area contributed by atoms with Gasteiger partial charge in [-0.25, -0.2) is 0 Å². The Labute approximate surface area is 224 Å². The topological polar surface area (TPSA) is 88.7 Å². The van der Waals surface area contributed by atoms with Gasteiger partial charge in [-0.1, -0.05) is 59.8 Å². The van der Waals surface area contributed by atoms with Crippen LogP contribution in [0.5, 0.6) is 0 Å². The van der Waals surface area contributed by atoms with Crippen molar-refractivity contribution in [1.82, 2.24) is 15.0 Å². The molecule has 0 aliphatic carbocycles. The molecule has 38 heavy (non-hydrogen) atoms. The molecule has 3 aromatic carbocycles. The van der Waals surface area contributed by atoms with E-state index in [1.807, 2.05) is 81.1 Å². The zero-order chi connectivity index (χ0) is 27.4. The molecule has 4 aromatic rings. The molecule has 7 heteroatoms. The molecule has 0 bridgehead atoms. The average Bonchev–Trinajstić information content (AvgIpc) is 3.37. The van der Waals surface area contributed by atoms with Gasteiger partial charge in [-0.15, -0.1) is 0 Å². The molecule has 1 atom stereocenters. The molecule has 0 aliphatic heterocycles. The fourth-order valence-corrected chi connectivity index (χ4v) is 4.79. The van der Waals surface area contributed by atoms with Gasteiger partial charge in [-0.2, -0.15) is 4.98 Å². The third-order valence-electron chi connectivity index (χ3n) is 6.80. The minimum absolute atomic E-state index is 0.0334. The van der Waals surface area contributed by atoms with Gasteiger partial charge in [0.2, 0.25) is 5.82 Å². The zero-order valence-corrected chi connectivity index (χ0v) is 22.9. The minimum Gasteiger partial charge on any atom is -0.480 e. The van der Waals surface area contributed by atoms with Gasteiger partial charge >= 0.3 is 5.97 Å². The second kappa shape index (κ2) is 11.3. The third-order valence-corrected chi connectivity index (χ3v) is 6.80. The zero-order valence-electron chi connectivity index (χ0n) is 22.9. The van der Waals surface area contributed by atoms with Gasteiger partial charge in [0, 0.05) is 29.8 Å². The van der Waals surface area contributed by atoms with Crippen molar-refractivity contribution < 1.29 is 19.2 Å². The summed E-state index contributed by atoms with van der Waals surface area (Å²) in [5.74, 6) is 0.0866. The van der Waals surface area contributed by atoms with E-state index in [4.69, 9.17) is 9.26 Å². The first-order valence-electron chi connectivity index (χ1n) is 12.7. The summed E-state index contributed by atoms with van der Waals surface area (Å²) >= 11 is 0. The molecular formula is C31H35N3O4. The predicted octanol–water partition coefficient (Wildman–Crippen LogP) is 6.77. The van der Waals surface area contributed by atoms with E-state index in [1.54, 1.807) is 7.11 Å². The molecule has 1 aromatic heterocycles. The van der Waals surface area contributed by atoms with Crippen LogP contribution in [-0.4, -0.2) is 45.3 Å². The van der Waals surface area contributed by atoms with Crippen molar-refractivity contribution in [2.45, 2.75) is 52.8 Å². The van der Waals surface area contributed by atoms with Gasteiger partial charge in [0.15, 0.2) is 0 Å². The van der Waals surface area contributed by atoms with E-state index >= 15 is 0 Å². The number of aryl methyl sites for hydroxylation is 1. The number of carboxylic acids is 1. The summed E-state index contributed by atoms with van der Waals surface area (Å²) in [7, 11) is 1.69. The molecule has 198 valence electrons. The van der Waals surface area contributed by atoms with Crippen molar-refractivity contribution in [2.75, 3.05) is 13.7 Å². The lowest BCUT2D eigenvalue weighted by atomic mass is 9.94. The number of nitrogens with zero attached hydrogens (tertiary/aromatic N) is 3. The summed E-state index contributed by atoms with van der Waals surface area (Å²) in [6.07, 6.45) is 0. The van der Waals surface area contributed by atoms with Gasteiger partial charge < -0.3 is 14.4 Å². The molecule has 0 spiro atoms. The van der Waals surface area contributed by atoms with Crippen molar-refractivity contribution in [3.05, 3.63) is 83.4 Å². The van der Waals surface area contributed by atoms with Gasteiger partial charge in [0.25, 0.3) is 5.89 Å². The summed E-state index contributed by atoms with van der Waals surface area (Å²) < 4.78 is 11.1. The van der Waals surface area contributed by atoms with E-state index in [9.17, 15) is 9.90 Å². The van der Waals surface area contributed by atoms with Gasteiger partial charge in [0.05, 0.1) is 13.2 Å². The summed E-state index contributed by atoms with van der Waals surface area (Å²) in [5.41, 5.74) is 6.90. The number of carbonyl (C=O) groups is 1. The molecular weight excluding hydrogens is 478 g/mol. The molecule has 0 unspecified atom stereocenters. The highest BCUT2D eigenvalue weighted by atomic mass is 16.5. The molecule has 0 amide bonds. The second-order valence-corrected chi connectivity index (χ2v) is 10.5. The standard InChI is InChI=1S/C31H35N3O4/c1-20-9-7-8-10-26(20)27-16-15-24(17-25(27)19-37-6)30-32-29(33-38-30)23-13-11-22(12-14-23)21(2)34(18-28(35)36)31(3,4)5/h7-17,21H,18-19H2,1-6H3,(H,35,36)/t21-/m0/s1. The van der Waals surface area contributed by atoms with Crippen LogP contribution in [0.15, 0.2) is 71.3 Å². The quantitative estimate of drug-likeness (QED) is 0.264. The highest BCUT2D eigenvalue weighted by Crippen LogP contribution is 2.32. The van der Waals surface area contributed by atoms with Gasteiger partial charge in [-0.3, -0.25) is 9.69 Å². The molecule has 0 saturated heterocycles. The van der Waals surface area contributed by atoms with Crippen molar-refractivity contribution in [2.24, 2.45) is 0 Å².